The molecule has 3 unspecified atom stereocenters. The van der Waals surface area contributed by atoms with Crippen molar-refractivity contribution in [2.45, 2.75) is 62.4 Å². The SMILES string of the molecule is CO[C@@H]1O[C@@H](OS(=O)(=O)O)[C@H](O)C(O[C@@H]2O[C@@H](C(=O)O)[C@@H](OC)C(O)C2O)/C1=N/C(C)=O. The smallest absolute Gasteiger partial charge is 0.399 e. The van der Waals surface area contributed by atoms with Crippen molar-refractivity contribution in [2.75, 3.05) is 14.2 Å². The highest BCUT2D eigenvalue weighted by Crippen LogP contribution is 2.30. The molecular weight excluding hydrogens is 466 g/mol. The molecule has 2 aliphatic rings. The predicted octanol–water partition coefficient (Wildman–Crippen LogP) is -3.59. The number of ether oxygens (including phenoxy) is 5. The van der Waals surface area contributed by atoms with Crippen LogP contribution >= 0.6 is 0 Å². The first-order valence-corrected chi connectivity index (χ1v) is 10.2. The molecule has 2 fully saturated rings. The van der Waals surface area contributed by atoms with Crippen LogP contribution in [0.2, 0.25) is 0 Å². The zero-order chi connectivity index (χ0) is 24.4. The van der Waals surface area contributed by atoms with Gasteiger partial charge in [0.15, 0.2) is 12.4 Å². The highest BCUT2D eigenvalue weighted by Gasteiger charge is 2.53. The lowest BCUT2D eigenvalue weighted by Crippen LogP contribution is -2.64. The molecule has 0 aromatic heterocycles. The molecule has 0 aromatic rings. The minimum atomic E-state index is -5.15. The molecule has 0 aliphatic carbocycles. The van der Waals surface area contributed by atoms with Crippen molar-refractivity contribution in [2.24, 2.45) is 4.99 Å². The number of nitrogens with zero attached hydrogens (tertiary/aromatic N) is 1. The minimum Gasteiger partial charge on any atom is -0.479 e. The number of aliphatic carboxylic acids is 1. The van der Waals surface area contributed by atoms with E-state index in [4.69, 9.17) is 28.2 Å². The number of rotatable bonds is 7. The van der Waals surface area contributed by atoms with E-state index in [-0.39, 0.29) is 0 Å². The van der Waals surface area contributed by atoms with Gasteiger partial charge in [0.25, 0.3) is 0 Å². The zero-order valence-electron chi connectivity index (χ0n) is 16.9. The molecule has 184 valence electrons. The molecule has 5 N–H and O–H groups in total. The van der Waals surface area contributed by atoms with Crippen LogP contribution in [0.5, 0.6) is 0 Å². The van der Waals surface area contributed by atoms with Crippen LogP contribution in [-0.4, -0.2) is 121 Å². The summed E-state index contributed by atoms with van der Waals surface area (Å²) in [4.78, 5) is 26.6. The van der Waals surface area contributed by atoms with Crippen LogP contribution in [0.3, 0.4) is 0 Å². The van der Waals surface area contributed by atoms with Crippen molar-refractivity contribution in [3.05, 3.63) is 0 Å². The largest absolute Gasteiger partial charge is 0.479 e. The van der Waals surface area contributed by atoms with Crippen molar-refractivity contribution in [1.82, 2.24) is 0 Å². The van der Waals surface area contributed by atoms with E-state index < -0.39 is 83.5 Å². The fourth-order valence-electron chi connectivity index (χ4n) is 3.10. The molecule has 0 radical (unpaired) electrons. The molecule has 16 nitrogen and oxygen atoms in total. The minimum absolute atomic E-state index is 0.464. The van der Waals surface area contributed by atoms with E-state index in [0.717, 1.165) is 21.1 Å². The number of carboxylic acids is 1. The molecule has 0 aromatic carbocycles. The molecule has 2 rings (SSSR count). The van der Waals surface area contributed by atoms with Crippen molar-refractivity contribution in [1.29, 1.82) is 0 Å². The highest BCUT2D eigenvalue weighted by atomic mass is 32.3. The molecule has 17 heteroatoms. The van der Waals surface area contributed by atoms with E-state index in [1.807, 2.05) is 0 Å². The third kappa shape index (κ3) is 6.02. The summed E-state index contributed by atoms with van der Waals surface area (Å²) >= 11 is 0. The predicted molar refractivity (Wildman–Crippen MR) is 96.4 cm³/mol. The summed E-state index contributed by atoms with van der Waals surface area (Å²) in [6.45, 7) is 1.02. The molecule has 2 heterocycles. The van der Waals surface area contributed by atoms with E-state index >= 15 is 0 Å². The first kappa shape index (κ1) is 26.6. The first-order valence-electron chi connectivity index (χ1n) is 8.84. The van der Waals surface area contributed by atoms with Gasteiger partial charge < -0.3 is 44.1 Å². The van der Waals surface area contributed by atoms with Crippen molar-refractivity contribution in [3.63, 3.8) is 0 Å². The van der Waals surface area contributed by atoms with Crippen molar-refractivity contribution >= 4 is 28.0 Å². The Labute approximate surface area is 181 Å². The van der Waals surface area contributed by atoms with Crippen LogP contribution in [-0.2, 0) is 47.9 Å². The number of methoxy groups -OCH3 is 2. The fourth-order valence-corrected chi connectivity index (χ4v) is 3.50. The zero-order valence-corrected chi connectivity index (χ0v) is 17.7. The quantitative estimate of drug-likeness (QED) is 0.217. The number of aliphatic hydroxyl groups excluding tert-OH is 3. The Morgan fingerprint density at radius 2 is 1.62 bits per heavy atom. The van der Waals surface area contributed by atoms with E-state index in [0.29, 0.717) is 0 Å². The van der Waals surface area contributed by atoms with E-state index in [9.17, 15) is 38.4 Å². The van der Waals surface area contributed by atoms with Gasteiger partial charge in [-0.2, -0.15) is 8.42 Å². The van der Waals surface area contributed by atoms with Crippen LogP contribution in [0.1, 0.15) is 6.92 Å². The lowest BCUT2D eigenvalue weighted by Gasteiger charge is -2.44. The van der Waals surface area contributed by atoms with Crippen LogP contribution in [0, 0.1) is 0 Å². The number of hydrogen-bond donors (Lipinski definition) is 5. The summed E-state index contributed by atoms with van der Waals surface area (Å²) < 4.78 is 60.6. The Kier molecular flexibility index (Phi) is 8.76. The van der Waals surface area contributed by atoms with Gasteiger partial charge in [-0.3, -0.25) is 9.35 Å². The molecule has 1 amide bonds. The van der Waals surface area contributed by atoms with Crippen molar-refractivity contribution in [3.8, 4) is 0 Å². The van der Waals surface area contributed by atoms with Crippen LogP contribution in [0.15, 0.2) is 4.99 Å². The number of carboxylic acid groups (broad SMARTS) is 1. The van der Waals surface area contributed by atoms with Gasteiger partial charge >= 0.3 is 16.4 Å². The normalized spacial score (nSPS) is 39.7. The maximum Gasteiger partial charge on any atom is 0.399 e. The molecular formula is C15H23NO15S. The Morgan fingerprint density at radius 3 is 2.09 bits per heavy atom. The van der Waals surface area contributed by atoms with Gasteiger partial charge in [-0.15, -0.1) is 0 Å². The monoisotopic (exact) mass is 489 g/mol. The van der Waals surface area contributed by atoms with Gasteiger partial charge in [0.2, 0.25) is 18.5 Å². The molecule has 2 aliphatic heterocycles. The molecule has 0 bridgehead atoms. The maximum absolute atomic E-state index is 11.6. The molecule has 32 heavy (non-hydrogen) atoms. The average Bonchev–Trinajstić information content (AvgIpc) is 2.68. The van der Waals surface area contributed by atoms with E-state index in [1.54, 1.807) is 0 Å². The second-order valence-corrected chi connectivity index (χ2v) is 7.69. The standard InChI is InChI=1S/C15H23NO15S/c1-4(17)16-5-9(8(20)15(30-13(5)27-3)31-32(23,24)25)28-14-7(19)6(18)10(26-2)11(29-14)12(21)22/h6-11,13-15,18-20H,1-3H3,(H,21,22)(H,23,24,25)/b16-5-/t6?,7?,8-,9?,10+,11-,13-,14-,15+/m1/s1. The molecule has 0 spiro atoms. The van der Waals surface area contributed by atoms with Gasteiger partial charge in [0.05, 0.1) is 0 Å². The van der Waals surface area contributed by atoms with E-state index in [2.05, 4.69) is 9.18 Å². The third-order valence-electron chi connectivity index (χ3n) is 4.44. The lowest BCUT2D eigenvalue weighted by atomic mass is 9.98. The van der Waals surface area contributed by atoms with Crippen LogP contribution < -0.4 is 0 Å². The average molecular weight is 489 g/mol. The van der Waals surface area contributed by atoms with Crippen LogP contribution in [0.25, 0.3) is 0 Å². The second kappa shape index (κ2) is 10.5. The molecule has 2 saturated heterocycles. The number of aliphatic imine (C=N–C) groups is 1. The summed E-state index contributed by atoms with van der Waals surface area (Å²) in [5, 5.41) is 40.3. The number of carbonyl (C=O) groups is 2. The Bertz CT molecular complexity index is 831. The molecule has 0 saturated carbocycles. The van der Waals surface area contributed by atoms with Gasteiger partial charge in [0, 0.05) is 21.1 Å². The van der Waals surface area contributed by atoms with Crippen molar-refractivity contribution < 1.29 is 70.9 Å². The first-order chi connectivity index (χ1) is 14.8. The lowest BCUT2D eigenvalue weighted by molar-refractivity contribution is -0.322. The topological polar surface area (TPSA) is 237 Å². The van der Waals surface area contributed by atoms with Gasteiger partial charge in [-0.05, 0) is 0 Å². The Balaban J connectivity index is 2.42. The highest BCUT2D eigenvalue weighted by molar-refractivity contribution is 7.80. The third-order valence-corrected chi connectivity index (χ3v) is 4.87. The van der Waals surface area contributed by atoms with Crippen LogP contribution in [0.4, 0.5) is 0 Å². The molecule has 9 atom stereocenters. The Hall–Kier alpha value is -1.64. The Morgan fingerprint density at radius 1 is 1.00 bits per heavy atom. The summed E-state index contributed by atoms with van der Waals surface area (Å²) in [5.74, 6) is -2.41. The summed E-state index contributed by atoms with van der Waals surface area (Å²) in [7, 11) is -3.03. The second-order valence-electron chi connectivity index (χ2n) is 6.64. The van der Waals surface area contributed by atoms with Gasteiger partial charge in [-0.25, -0.2) is 14.0 Å². The number of hydrogen-bond acceptors (Lipinski definition) is 13. The number of amides is 1. The number of carbonyl (C=O) groups excluding carboxylic acids is 1. The number of aliphatic hydroxyl groups is 3. The van der Waals surface area contributed by atoms with E-state index in [1.165, 1.54) is 0 Å². The fraction of sp³-hybridized carbons (Fsp3) is 0.800. The maximum atomic E-state index is 11.6. The van der Waals surface area contributed by atoms with Gasteiger partial charge in [0.1, 0.15) is 36.2 Å². The van der Waals surface area contributed by atoms with Gasteiger partial charge in [-0.1, -0.05) is 0 Å². The summed E-state index contributed by atoms with van der Waals surface area (Å²) in [5.41, 5.74) is -0.464. The summed E-state index contributed by atoms with van der Waals surface area (Å²) in [6.07, 6.45) is -16.8. The summed E-state index contributed by atoms with van der Waals surface area (Å²) in [6, 6.07) is 0.